The molecule has 1 N–H and O–H groups in total. The monoisotopic (exact) mass is 501 g/mol. The molecule has 0 radical (unpaired) electrons. The van der Waals surface area contributed by atoms with Gasteiger partial charge in [-0.3, -0.25) is 4.79 Å². The quantitative estimate of drug-likeness (QED) is 0.544. The third-order valence-corrected chi connectivity index (χ3v) is 7.54. The van der Waals surface area contributed by atoms with Crippen LogP contribution in [0.15, 0.2) is 57.3 Å². The molecule has 0 unspecified atom stereocenters. The van der Waals surface area contributed by atoms with E-state index in [1.165, 1.54) is 7.11 Å². The maximum absolute atomic E-state index is 12.9. The minimum absolute atomic E-state index is 0.102. The lowest BCUT2D eigenvalue weighted by Gasteiger charge is -2.33. The third kappa shape index (κ3) is 4.21. The molecule has 1 aliphatic heterocycles. The van der Waals surface area contributed by atoms with E-state index < -0.39 is 11.9 Å². The fraction of sp³-hybridized carbons (Fsp3) is 0.333. The molecule has 162 valence electrons. The van der Waals surface area contributed by atoms with Crippen molar-refractivity contribution in [1.29, 1.82) is 0 Å². The van der Waals surface area contributed by atoms with Crippen LogP contribution in [0.2, 0.25) is 0 Å². The first-order valence-electron chi connectivity index (χ1n) is 10.2. The highest BCUT2D eigenvalue weighted by atomic mass is 79.9. The molecular formula is C24H24BrNO4S. The largest absolute Gasteiger partial charge is 0.488 e. The van der Waals surface area contributed by atoms with Gasteiger partial charge in [0.25, 0.3) is 0 Å². The van der Waals surface area contributed by atoms with Gasteiger partial charge in [-0.05, 0) is 60.8 Å². The fourth-order valence-corrected chi connectivity index (χ4v) is 5.75. The number of carbonyl (C=O) groups is 2. The van der Waals surface area contributed by atoms with Crippen LogP contribution in [0.4, 0.5) is 0 Å². The van der Waals surface area contributed by atoms with Gasteiger partial charge >= 0.3 is 5.97 Å². The van der Waals surface area contributed by atoms with E-state index in [4.69, 9.17) is 9.47 Å². The summed E-state index contributed by atoms with van der Waals surface area (Å²) >= 11 is 5.11. The average molecular weight is 502 g/mol. The van der Waals surface area contributed by atoms with Crippen LogP contribution in [-0.2, 0) is 20.9 Å². The highest BCUT2D eigenvalue weighted by molar-refractivity contribution is 9.10. The number of Topliss-reactive ketones (excluding diaryl/α,β-unsaturated/α-hetero) is 1. The Morgan fingerprint density at radius 3 is 2.77 bits per heavy atom. The van der Waals surface area contributed by atoms with E-state index in [-0.39, 0.29) is 5.78 Å². The Balaban J connectivity index is 1.71. The van der Waals surface area contributed by atoms with Crippen molar-refractivity contribution in [2.75, 3.05) is 7.11 Å². The van der Waals surface area contributed by atoms with Crippen molar-refractivity contribution >= 4 is 39.0 Å². The summed E-state index contributed by atoms with van der Waals surface area (Å²) in [7, 11) is 1.38. The minimum Gasteiger partial charge on any atom is -0.488 e. The molecule has 5 nitrogen and oxygen atoms in total. The number of hydrogen-bond donors (Lipinski definition) is 1. The Morgan fingerprint density at radius 2 is 2.03 bits per heavy atom. The highest BCUT2D eigenvalue weighted by Crippen LogP contribution is 2.45. The molecule has 1 aromatic carbocycles. The fourth-order valence-electron chi connectivity index (χ4n) is 4.20. The molecule has 2 aliphatic rings. The molecule has 0 saturated carbocycles. The van der Waals surface area contributed by atoms with E-state index in [9.17, 15) is 9.59 Å². The smallest absolute Gasteiger partial charge is 0.336 e. The number of ether oxygens (including phenoxy) is 2. The number of hydrogen-bond acceptors (Lipinski definition) is 6. The highest BCUT2D eigenvalue weighted by Gasteiger charge is 2.39. The Hall–Kier alpha value is -2.38. The lowest BCUT2D eigenvalue weighted by atomic mass is 9.78. The number of aryl methyl sites for hydroxylation is 1. The number of halogens is 1. The SMILES string of the molecule is COC(=O)C1=C(C)NC2=C(C(=O)CCC2)[C@@H]1c1cc(COc2ccccc2Br)c(C)s1. The van der Waals surface area contributed by atoms with Gasteiger partial charge < -0.3 is 14.8 Å². The first kappa shape index (κ1) is 21.8. The molecule has 1 aliphatic carbocycles. The molecule has 0 saturated heterocycles. The summed E-state index contributed by atoms with van der Waals surface area (Å²) in [5.41, 5.74) is 3.94. The number of benzene rings is 1. The van der Waals surface area contributed by atoms with Crippen LogP contribution in [-0.4, -0.2) is 18.9 Å². The molecular weight excluding hydrogens is 478 g/mol. The van der Waals surface area contributed by atoms with Crippen molar-refractivity contribution in [3.63, 3.8) is 0 Å². The molecule has 2 aromatic rings. The summed E-state index contributed by atoms with van der Waals surface area (Å²) in [4.78, 5) is 27.7. The number of dihydropyridines is 1. The zero-order valence-electron chi connectivity index (χ0n) is 17.7. The molecule has 1 aromatic heterocycles. The topological polar surface area (TPSA) is 64.6 Å². The van der Waals surface area contributed by atoms with Crippen LogP contribution in [0, 0.1) is 6.92 Å². The molecule has 0 amide bonds. The van der Waals surface area contributed by atoms with E-state index in [1.54, 1.807) is 11.3 Å². The van der Waals surface area contributed by atoms with Crippen molar-refractivity contribution < 1.29 is 19.1 Å². The van der Waals surface area contributed by atoms with E-state index in [0.29, 0.717) is 24.2 Å². The van der Waals surface area contributed by atoms with Crippen molar-refractivity contribution in [3.05, 3.63) is 72.7 Å². The van der Waals surface area contributed by atoms with E-state index in [2.05, 4.69) is 27.3 Å². The van der Waals surface area contributed by atoms with Gasteiger partial charge in [-0.1, -0.05) is 12.1 Å². The van der Waals surface area contributed by atoms with Gasteiger partial charge in [0.05, 0.1) is 23.1 Å². The van der Waals surface area contributed by atoms with Crippen LogP contribution < -0.4 is 10.1 Å². The zero-order valence-corrected chi connectivity index (χ0v) is 20.1. The summed E-state index contributed by atoms with van der Waals surface area (Å²) in [5, 5.41) is 3.30. The lowest BCUT2D eigenvalue weighted by Crippen LogP contribution is -2.33. The number of nitrogens with one attached hydrogen (secondary N) is 1. The Labute approximate surface area is 194 Å². The second kappa shape index (κ2) is 9.01. The molecule has 0 fully saturated rings. The van der Waals surface area contributed by atoms with E-state index in [1.807, 2.05) is 38.1 Å². The molecule has 7 heteroatoms. The number of para-hydroxylation sites is 1. The molecule has 2 heterocycles. The standard InChI is InChI=1S/C24H24BrNO4S/c1-13-21(24(28)29-3)23(22-17(26-13)8-6-9-18(22)27)20-11-15(14(2)31-20)12-30-19-10-5-4-7-16(19)25/h4-5,7,10-11,23,26H,6,8-9,12H2,1-3H3/t23-/m1/s1. The first-order chi connectivity index (χ1) is 14.9. The third-order valence-electron chi connectivity index (χ3n) is 5.73. The number of methoxy groups -OCH3 is 1. The molecule has 0 bridgehead atoms. The average Bonchev–Trinajstić information content (AvgIpc) is 3.12. The molecule has 1 atom stereocenters. The first-order valence-corrected chi connectivity index (χ1v) is 11.8. The van der Waals surface area contributed by atoms with E-state index >= 15 is 0 Å². The maximum Gasteiger partial charge on any atom is 0.336 e. The number of rotatable bonds is 5. The van der Waals surface area contributed by atoms with Gasteiger partial charge in [-0.2, -0.15) is 0 Å². The molecule has 31 heavy (non-hydrogen) atoms. The second-order valence-electron chi connectivity index (χ2n) is 7.71. The molecule has 4 rings (SSSR count). The Morgan fingerprint density at radius 1 is 1.26 bits per heavy atom. The maximum atomic E-state index is 12.9. The van der Waals surface area contributed by atoms with Crippen LogP contribution in [0.25, 0.3) is 0 Å². The van der Waals surface area contributed by atoms with Crippen molar-refractivity contribution in [1.82, 2.24) is 5.32 Å². The normalized spacial score (nSPS) is 18.6. The second-order valence-corrected chi connectivity index (χ2v) is 9.85. The molecule has 0 spiro atoms. The van der Waals surface area contributed by atoms with Crippen LogP contribution >= 0.6 is 27.3 Å². The minimum atomic E-state index is -0.406. The summed E-state index contributed by atoms with van der Waals surface area (Å²) in [6, 6.07) is 9.79. The lowest BCUT2D eigenvalue weighted by molar-refractivity contribution is -0.136. The predicted octanol–water partition coefficient (Wildman–Crippen LogP) is 5.54. The predicted molar refractivity (Wildman–Crippen MR) is 124 cm³/mol. The van der Waals surface area contributed by atoms with Gasteiger partial charge in [0, 0.05) is 38.7 Å². The van der Waals surface area contributed by atoms with Gasteiger partial charge in [0.2, 0.25) is 0 Å². The number of carbonyl (C=O) groups excluding carboxylic acids is 2. The summed E-state index contributed by atoms with van der Waals surface area (Å²) in [6.07, 6.45) is 2.14. The zero-order chi connectivity index (χ0) is 22.1. The Kier molecular flexibility index (Phi) is 6.34. The van der Waals surface area contributed by atoms with Crippen molar-refractivity contribution in [2.45, 2.75) is 45.6 Å². The van der Waals surface area contributed by atoms with Gasteiger partial charge in [-0.25, -0.2) is 4.79 Å². The number of thiophene rings is 1. The summed E-state index contributed by atoms with van der Waals surface area (Å²) in [6.45, 7) is 4.33. The summed E-state index contributed by atoms with van der Waals surface area (Å²) in [5.74, 6) is 0.0640. The number of esters is 1. The number of allylic oxidation sites excluding steroid dienone is 3. The summed E-state index contributed by atoms with van der Waals surface area (Å²) < 4.78 is 12.0. The van der Waals surface area contributed by atoms with Crippen LogP contribution in [0.5, 0.6) is 5.75 Å². The van der Waals surface area contributed by atoms with Crippen LogP contribution in [0.1, 0.15) is 47.4 Å². The Bertz CT molecular complexity index is 1110. The van der Waals surface area contributed by atoms with Gasteiger partial charge in [0.15, 0.2) is 5.78 Å². The van der Waals surface area contributed by atoms with Crippen molar-refractivity contribution in [2.24, 2.45) is 0 Å². The van der Waals surface area contributed by atoms with Crippen molar-refractivity contribution in [3.8, 4) is 5.75 Å². The van der Waals surface area contributed by atoms with Gasteiger partial charge in [0.1, 0.15) is 12.4 Å². The van der Waals surface area contributed by atoms with E-state index in [0.717, 1.165) is 49.8 Å². The van der Waals surface area contributed by atoms with Crippen LogP contribution in [0.3, 0.4) is 0 Å². The number of ketones is 1. The van der Waals surface area contributed by atoms with Gasteiger partial charge in [-0.15, -0.1) is 11.3 Å².